The van der Waals surface area contributed by atoms with Crippen LogP contribution in [0.1, 0.15) is 29.6 Å². The van der Waals surface area contributed by atoms with Gasteiger partial charge < -0.3 is 0 Å². The van der Waals surface area contributed by atoms with Gasteiger partial charge in [-0.15, -0.1) is 0 Å². The van der Waals surface area contributed by atoms with Crippen molar-refractivity contribution in [3.63, 3.8) is 0 Å². The van der Waals surface area contributed by atoms with Crippen molar-refractivity contribution in [3.05, 3.63) is 72.1 Å². The van der Waals surface area contributed by atoms with Crippen LogP contribution in [0.5, 0.6) is 0 Å². The van der Waals surface area contributed by atoms with Crippen LogP contribution in [0.2, 0.25) is 0 Å². The van der Waals surface area contributed by atoms with Gasteiger partial charge in [-0.05, 0) is 23.1 Å². The fourth-order valence-electron chi connectivity index (χ4n) is 3.87. The van der Waals surface area contributed by atoms with Crippen LogP contribution in [0.4, 0.5) is 8.78 Å². The number of hydrogen-bond donors (Lipinski definition) is 0. The Hall–Kier alpha value is -3.73. The molecule has 1 amide bonds. The summed E-state index contributed by atoms with van der Waals surface area (Å²) in [5.74, 6) is -3.98. The molecule has 31 heavy (non-hydrogen) atoms. The molecule has 1 atom stereocenters. The van der Waals surface area contributed by atoms with E-state index < -0.39 is 31.0 Å². The number of pyridine rings is 2. The van der Waals surface area contributed by atoms with E-state index in [1.54, 1.807) is 24.7 Å². The Morgan fingerprint density at radius 2 is 1.87 bits per heavy atom. The van der Waals surface area contributed by atoms with E-state index in [4.69, 9.17) is 6.57 Å². The Morgan fingerprint density at radius 1 is 1.10 bits per heavy atom. The number of fused-ring (bicyclic) bond motifs is 1. The molecule has 0 unspecified atom stereocenters. The maximum atomic E-state index is 13.6. The lowest BCUT2D eigenvalue weighted by molar-refractivity contribution is -0.132. The number of aromatic nitrogens is 2. The minimum absolute atomic E-state index is 0.144. The fraction of sp³-hybridized carbons (Fsp3) is 0.261. The number of rotatable bonds is 5. The topological polar surface area (TPSA) is 67.5 Å². The molecule has 2 aromatic heterocycles. The molecule has 1 fully saturated rings. The van der Waals surface area contributed by atoms with Crippen LogP contribution < -0.4 is 0 Å². The Kier molecular flexibility index (Phi) is 5.42. The second-order valence-electron chi connectivity index (χ2n) is 7.44. The summed E-state index contributed by atoms with van der Waals surface area (Å²) in [7, 11) is 0. The highest BCUT2D eigenvalue weighted by molar-refractivity contribution is 6.07. The van der Waals surface area contributed by atoms with E-state index in [0.29, 0.717) is 11.1 Å². The first-order valence-electron chi connectivity index (χ1n) is 9.74. The van der Waals surface area contributed by atoms with Crippen LogP contribution >= 0.6 is 0 Å². The van der Waals surface area contributed by atoms with E-state index in [1.807, 2.05) is 24.3 Å². The maximum absolute atomic E-state index is 13.6. The molecule has 3 aromatic rings. The number of Topliss-reactive ketones (excluding diaryl/α,β-unsaturated/α-hetero) is 1. The minimum atomic E-state index is -3.07. The van der Waals surface area contributed by atoms with Gasteiger partial charge in [0.05, 0.1) is 6.54 Å². The lowest BCUT2D eigenvalue weighted by Crippen LogP contribution is -2.35. The van der Waals surface area contributed by atoms with E-state index in [9.17, 15) is 18.4 Å². The third-order valence-corrected chi connectivity index (χ3v) is 5.37. The Morgan fingerprint density at radius 3 is 2.68 bits per heavy atom. The standard InChI is InChI=1S/C23H18F2N4O2/c1-26-21-11-23(24,25)14-29(21)22(31)6-5-20(30)18-8-10-28-13-19(18)17-4-2-3-15-12-27-9-7-16(15)17/h2-4,7-10,12-13,21H,5-6,11,14H2/t21-/m0/s1. The molecule has 4 rings (SSSR count). The van der Waals surface area contributed by atoms with Gasteiger partial charge in [0, 0.05) is 54.1 Å². The molecule has 3 heterocycles. The van der Waals surface area contributed by atoms with Crippen molar-refractivity contribution in [2.45, 2.75) is 31.4 Å². The lowest BCUT2D eigenvalue weighted by Gasteiger charge is -2.16. The second-order valence-corrected chi connectivity index (χ2v) is 7.44. The number of hydrogen-bond acceptors (Lipinski definition) is 4. The molecule has 1 aromatic carbocycles. The first-order valence-corrected chi connectivity index (χ1v) is 9.74. The largest absolute Gasteiger partial charge is 0.306 e. The van der Waals surface area contributed by atoms with Gasteiger partial charge >= 0.3 is 6.17 Å². The van der Waals surface area contributed by atoms with E-state index >= 15 is 0 Å². The number of likely N-dealkylation sites (tertiary alicyclic amines) is 1. The van der Waals surface area contributed by atoms with Gasteiger partial charge in [0.15, 0.2) is 5.78 Å². The Bertz CT molecular complexity index is 1200. The number of benzene rings is 1. The van der Waals surface area contributed by atoms with Crippen molar-refractivity contribution in [1.29, 1.82) is 0 Å². The average molecular weight is 420 g/mol. The Labute approximate surface area is 177 Å². The molecule has 0 bridgehead atoms. The van der Waals surface area contributed by atoms with Crippen LogP contribution in [0.25, 0.3) is 26.7 Å². The lowest BCUT2D eigenvalue weighted by atomic mass is 9.94. The number of amides is 1. The van der Waals surface area contributed by atoms with Crippen molar-refractivity contribution in [1.82, 2.24) is 14.9 Å². The number of ketones is 1. The molecule has 0 radical (unpaired) electrons. The van der Waals surface area contributed by atoms with E-state index in [2.05, 4.69) is 14.8 Å². The van der Waals surface area contributed by atoms with Crippen molar-refractivity contribution in [3.8, 4) is 11.1 Å². The predicted molar refractivity (Wildman–Crippen MR) is 110 cm³/mol. The summed E-state index contributed by atoms with van der Waals surface area (Å²) in [6.07, 6.45) is 4.27. The molecule has 1 saturated heterocycles. The molecule has 156 valence electrons. The summed E-state index contributed by atoms with van der Waals surface area (Å²) in [5, 5.41) is 1.83. The summed E-state index contributed by atoms with van der Waals surface area (Å²) in [4.78, 5) is 37.7. The van der Waals surface area contributed by atoms with Gasteiger partial charge in [0.2, 0.25) is 5.91 Å². The van der Waals surface area contributed by atoms with Crippen molar-refractivity contribution in [2.24, 2.45) is 0 Å². The molecule has 0 aliphatic carbocycles. The molecule has 0 saturated carbocycles. The second kappa shape index (κ2) is 8.19. The minimum Gasteiger partial charge on any atom is -0.294 e. The predicted octanol–water partition coefficient (Wildman–Crippen LogP) is 4.37. The fourth-order valence-corrected chi connectivity index (χ4v) is 3.87. The summed E-state index contributed by atoms with van der Waals surface area (Å²) in [6.45, 7) is 6.28. The van der Waals surface area contributed by atoms with E-state index in [0.717, 1.165) is 21.2 Å². The van der Waals surface area contributed by atoms with Gasteiger partial charge in [-0.25, -0.2) is 15.4 Å². The molecular weight excluding hydrogens is 402 g/mol. The number of alkyl halides is 2. The van der Waals surface area contributed by atoms with Crippen molar-refractivity contribution < 1.29 is 18.4 Å². The molecule has 6 nitrogen and oxygen atoms in total. The van der Waals surface area contributed by atoms with Gasteiger partial charge in [0.1, 0.15) is 6.42 Å². The first-order chi connectivity index (χ1) is 14.9. The summed E-state index contributed by atoms with van der Waals surface area (Å²) in [5.41, 5.74) is 1.85. The van der Waals surface area contributed by atoms with Crippen LogP contribution in [-0.2, 0) is 4.79 Å². The SMILES string of the molecule is [C-]#[N+][C@@H]1CC(F)(F)CN1C(=O)CCC(=O)c1ccncc1-c1cccc2cnccc12. The summed E-state index contributed by atoms with van der Waals surface area (Å²) >= 11 is 0. The third-order valence-electron chi connectivity index (χ3n) is 5.37. The monoisotopic (exact) mass is 420 g/mol. The zero-order valence-corrected chi connectivity index (χ0v) is 16.5. The number of halogens is 2. The number of carbonyl (C=O) groups excluding carboxylic acids is 2. The first kappa shape index (κ1) is 20.5. The van der Waals surface area contributed by atoms with Gasteiger partial charge in [0.25, 0.3) is 5.92 Å². The van der Waals surface area contributed by atoms with Crippen LogP contribution in [-0.4, -0.2) is 45.2 Å². The van der Waals surface area contributed by atoms with Crippen molar-refractivity contribution >= 4 is 22.5 Å². The van der Waals surface area contributed by atoms with Crippen LogP contribution in [0.3, 0.4) is 0 Å². The highest BCUT2D eigenvalue weighted by atomic mass is 19.3. The molecule has 0 spiro atoms. The smallest absolute Gasteiger partial charge is 0.294 e. The van der Waals surface area contributed by atoms with E-state index in [-0.39, 0.29) is 18.6 Å². The van der Waals surface area contributed by atoms with Gasteiger partial charge in [-0.3, -0.25) is 29.3 Å². The summed E-state index contributed by atoms with van der Waals surface area (Å²) < 4.78 is 27.2. The van der Waals surface area contributed by atoms with Crippen LogP contribution in [0.15, 0.2) is 55.1 Å². The number of nitrogens with zero attached hydrogens (tertiary/aromatic N) is 4. The van der Waals surface area contributed by atoms with E-state index in [1.165, 1.54) is 6.20 Å². The Balaban J connectivity index is 1.56. The highest BCUT2D eigenvalue weighted by Crippen LogP contribution is 2.34. The molecule has 1 aliphatic rings. The maximum Gasteiger partial charge on any atom is 0.306 e. The molecule has 0 N–H and O–H groups in total. The molecule has 8 heteroatoms. The summed E-state index contributed by atoms with van der Waals surface area (Å²) in [6, 6.07) is 9.11. The molecule has 1 aliphatic heterocycles. The van der Waals surface area contributed by atoms with Gasteiger partial charge in [-0.1, -0.05) is 18.2 Å². The van der Waals surface area contributed by atoms with Crippen LogP contribution in [0, 0.1) is 6.57 Å². The number of carbonyl (C=O) groups is 2. The third kappa shape index (κ3) is 4.12. The molecular formula is C23H18F2N4O2. The zero-order valence-electron chi connectivity index (χ0n) is 16.5. The normalized spacial score (nSPS) is 17.5. The van der Waals surface area contributed by atoms with Crippen molar-refractivity contribution in [2.75, 3.05) is 6.54 Å². The highest BCUT2D eigenvalue weighted by Gasteiger charge is 2.50. The average Bonchev–Trinajstić information content (AvgIpc) is 3.11. The van der Waals surface area contributed by atoms with Gasteiger partial charge in [-0.2, -0.15) is 0 Å². The zero-order chi connectivity index (χ0) is 22.0. The quantitative estimate of drug-likeness (QED) is 0.454.